The average molecular weight is 443 g/mol. The van der Waals surface area contributed by atoms with Crippen LogP contribution in [0.2, 0.25) is 0 Å². The number of nitrogens with zero attached hydrogens (tertiary/aromatic N) is 2. The van der Waals surface area contributed by atoms with Crippen molar-refractivity contribution in [3.05, 3.63) is 29.3 Å². The number of hydrogen-bond donors (Lipinski definition) is 3. The van der Waals surface area contributed by atoms with Gasteiger partial charge in [-0.25, -0.2) is 4.79 Å². The zero-order valence-corrected chi connectivity index (χ0v) is 17.1. The standard InChI is InChI=1S/C19H24F3N5O4/c1-3-15(19(20,21)22)23-18(29)30-12-5-4-11(7-12)14-9-16(26-25-14)24-17(28)8-13-6-10(2)27-31-13/h6,9,11-12,15H,3-5,7-8H2,1-2H3,(H,23,29)(H2,24,25,26,28)/t11-,12+,15?/m0/s1. The van der Waals surface area contributed by atoms with Crippen molar-refractivity contribution in [3.63, 3.8) is 0 Å². The molecule has 0 bridgehead atoms. The smallest absolute Gasteiger partial charge is 0.408 e. The van der Waals surface area contributed by atoms with Gasteiger partial charge in [0, 0.05) is 23.7 Å². The largest absolute Gasteiger partial charge is 0.446 e. The molecule has 12 heteroatoms. The van der Waals surface area contributed by atoms with Crippen molar-refractivity contribution < 1.29 is 32.0 Å². The highest BCUT2D eigenvalue weighted by Gasteiger charge is 2.40. The number of alkyl carbamates (subject to hydrolysis) is 1. The third-order valence-corrected chi connectivity index (χ3v) is 5.07. The predicted molar refractivity (Wildman–Crippen MR) is 102 cm³/mol. The number of aryl methyl sites for hydroxylation is 1. The number of aromatic nitrogens is 3. The number of carbonyl (C=O) groups is 2. The van der Waals surface area contributed by atoms with Gasteiger partial charge in [0.05, 0.1) is 12.1 Å². The van der Waals surface area contributed by atoms with E-state index in [1.807, 2.05) is 5.32 Å². The third kappa shape index (κ3) is 6.22. The lowest BCUT2D eigenvalue weighted by Gasteiger charge is -2.21. The van der Waals surface area contributed by atoms with E-state index in [0.717, 1.165) is 5.69 Å². The van der Waals surface area contributed by atoms with Crippen molar-refractivity contribution in [2.45, 2.75) is 70.2 Å². The molecule has 9 nitrogen and oxygen atoms in total. The molecule has 2 aromatic heterocycles. The van der Waals surface area contributed by atoms with Gasteiger partial charge in [-0.15, -0.1) is 0 Å². The minimum atomic E-state index is -4.52. The second-order valence-electron chi connectivity index (χ2n) is 7.55. The van der Waals surface area contributed by atoms with Crippen LogP contribution in [0, 0.1) is 6.92 Å². The maximum absolute atomic E-state index is 12.8. The number of amides is 2. The Kier molecular flexibility index (Phi) is 6.86. The number of rotatable bonds is 7. The van der Waals surface area contributed by atoms with E-state index in [1.54, 1.807) is 19.1 Å². The number of H-pyrrole nitrogens is 1. The molecule has 31 heavy (non-hydrogen) atoms. The summed E-state index contributed by atoms with van der Waals surface area (Å²) in [4.78, 5) is 23.9. The monoisotopic (exact) mass is 443 g/mol. The zero-order chi connectivity index (χ0) is 22.6. The minimum absolute atomic E-state index is 0.0162. The van der Waals surface area contributed by atoms with E-state index in [-0.39, 0.29) is 24.7 Å². The summed E-state index contributed by atoms with van der Waals surface area (Å²) in [6, 6.07) is 1.42. The molecule has 1 fully saturated rings. The van der Waals surface area contributed by atoms with Crippen LogP contribution >= 0.6 is 0 Å². The summed E-state index contributed by atoms with van der Waals surface area (Å²) in [7, 11) is 0. The van der Waals surface area contributed by atoms with E-state index < -0.39 is 24.4 Å². The molecular weight excluding hydrogens is 419 g/mol. The first-order valence-corrected chi connectivity index (χ1v) is 9.95. The van der Waals surface area contributed by atoms with Gasteiger partial charge < -0.3 is 19.9 Å². The second kappa shape index (κ2) is 9.40. The lowest BCUT2D eigenvalue weighted by atomic mass is 10.0. The van der Waals surface area contributed by atoms with E-state index in [4.69, 9.17) is 9.26 Å². The highest BCUT2D eigenvalue weighted by atomic mass is 19.4. The van der Waals surface area contributed by atoms with Crippen LogP contribution in [0.5, 0.6) is 0 Å². The summed E-state index contributed by atoms with van der Waals surface area (Å²) in [5, 5.41) is 15.2. The van der Waals surface area contributed by atoms with E-state index in [2.05, 4.69) is 20.7 Å². The minimum Gasteiger partial charge on any atom is -0.446 e. The molecule has 1 aliphatic rings. The Morgan fingerprint density at radius 3 is 2.77 bits per heavy atom. The fourth-order valence-corrected chi connectivity index (χ4v) is 3.53. The molecule has 3 atom stereocenters. The highest BCUT2D eigenvalue weighted by Crippen LogP contribution is 2.36. The summed E-state index contributed by atoms with van der Waals surface area (Å²) >= 11 is 0. The highest BCUT2D eigenvalue weighted by molar-refractivity contribution is 5.91. The Hall–Kier alpha value is -3.05. The fraction of sp³-hybridized carbons (Fsp3) is 0.579. The summed E-state index contributed by atoms with van der Waals surface area (Å²) in [6.45, 7) is 3.09. The van der Waals surface area contributed by atoms with Crippen LogP contribution in [-0.2, 0) is 16.0 Å². The molecule has 3 rings (SSSR count). The first-order valence-electron chi connectivity index (χ1n) is 9.95. The van der Waals surface area contributed by atoms with Gasteiger partial charge in [0.1, 0.15) is 17.9 Å². The van der Waals surface area contributed by atoms with Gasteiger partial charge in [0.15, 0.2) is 5.82 Å². The van der Waals surface area contributed by atoms with E-state index in [9.17, 15) is 22.8 Å². The maximum atomic E-state index is 12.8. The SMILES string of the molecule is CCC(NC(=O)O[C@@H]1CC[C@H](c2cc(NC(=O)Cc3cc(C)no3)n[nH]2)C1)C(F)(F)F. The Morgan fingerprint density at radius 2 is 2.13 bits per heavy atom. The Labute approximate surface area is 176 Å². The Bertz CT molecular complexity index is 910. The molecule has 1 unspecified atom stereocenters. The summed E-state index contributed by atoms with van der Waals surface area (Å²) in [5.74, 6) is 0.455. The van der Waals surface area contributed by atoms with Gasteiger partial charge in [-0.05, 0) is 32.6 Å². The Balaban J connectivity index is 1.47. The summed E-state index contributed by atoms with van der Waals surface area (Å²) < 4.78 is 48.5. The van der Waals surface area contributed by atoms with Crippen molar-refractivity contribution in [1.82, 2.24) is 20.7 Å². The molecule has 0 aliphatic heterocycles. The predicted octanol–water partition coefficient (Wildman–Crippen LogP) is 3.59. The van der Waals surface area contributed by atoms with Crippen LogP contribution in [0.25, 0.3) is 0 Å². The van der Waals surface area contributed by atoms with Crippen molar-refractivity contribution in [3.8, 4) is 0 Å². The number of anilines is 1. The summed E-state index contributed by atoms with van der Waals surface area (Å²) in [6.07, 6.45) is -4.70. The fourth-order valence-electron chi connectivity index (χ4n) is 3.53. The number of halogens is 3. The van der Waals surface area contributed by atoms with Crippen LogP contribution in [0.15, 0.2) is 16.7 Å². The van der Waals surface area contributed by atoms with Crippen LogP contribution in [-0.4, -0.2) is 45.7 Å². The quantitative estimate of drug-likeness (QED) is 0.601. The van der Waals surface area contributed by atoms with Gasteiger partial charge in [-0.2, -0.15) is 18.3 Å². The third-order valence-electron chi connectivity index (χ3n) is 5.07. The lowest BCUT2D eigenvalue weighted by Crippen LogP contribution is -2.45. The van der Waals surface area contributed by atoms with Crippen molar-refractivity contribution >= 4 is 17.8 Å². The van der Waals surface area contributed by atoms with Crippen LogP contribution in [0.1, 0.15) is 55.7 Å². The lowest BCUT2D eigenvalue weighted by molar-refractivity contribution is -0.155. The molecule has 1 saturated carbocycles. The van der Waals surface area contributed by atoms with Gasteiger partial charge in [0.25, 0.3) is 0 Å². The molecule has 170 valence electrons. The van der Waals surface area contributed by atoms with E-state index >= 15 is 0 Å². The molecule has 0 aromatic carbocycles. The molecular formula is C19H24F3N5O4. The number of ether oxygens (including phenoxy) is 1. The van der Waals surface area contributed by atoms with Crippen molar-refractivity contribution in [1.29, 1.82) is 0 Å². The van der Waals surface area contributed by atoms with Crippen molar-refractivity contribution in [2.24, 2.45) is 0 Å². The number of alkyl halides is 3. The number of hydrogen-bond acceptors (Lipinski definition) is 6. The maximum Gasteiger partial charge on any atom is 0.408 e. The van der Waals surface area contributed by atoms with Gasteiger partial charge >= 0.3 is 12.3 Å². The van der Waals surface area contributed by atoms with E-state index in [0.29, 0.717) is 36.5 Å². The van der Waals surface area contributed by atoms with Crippen LogP contribution in [0.4, 0.5) is 23.8 Å². The topological polar surface area (TPSA) is 122 Å². The molecule has 3 N–H and O–H groups in total. The first-order chi connectivity index (χ1) is 14.6. The second-order valence-corrected chi connectivity index (χ2v) is 7.55. The molecule has 0 saturated heterocycles. The number of carbonyl (C=O) groups excluding carboxylic acids is 2. The number of aromatic amines is 1. The van der Waals surface area contributed by atoms with E-state index in [1.165, 1.54) is 6.92 Å². The molecule has 2 heterocycles. The van der Waals surface area contributed by atoms with Crippen molar-refractivity contribution in [2.75, 3.05) is 5.32 Å². The van der Waals surface area contributed by atoms with Gasteiger partial charge in [0.2, 0.25) is 5.91 Å². The normalized spacial score (nSPS) is 19.8. The zero-order valence-electron chi connectivity index (χ0n) is 17.1. The summed E-state index contributed by atoms with van der Waals surface area (Å²) in [5.41, 5.74) is 1.43. The molecule has 2 amide bonds. The average Bonchev–Trinajstić information content (AvgIpc) is 3.40. The molecule has 1 aliphatic carbocycles. The Morgan fingerprint density at radius 1 is 1.35 bits per heavy atom. The number of nitrogens with one attached hydrogen (secondary N) is 3. The molecule has 0 radical (unpaired) electrons. The van der Waals surface area contributed by atoms with Crippen LogP contribution in [0.3, 0.4) is 0 Å². The van der Waals surface area contributed by atoms with Gasteiger partial charge in [-0.3, -0.25) is 9.89 Å². The molecule has 2 aromatic rings. The van der Waals surface area contributed by atoms with Gasteiger partial charge in [-0.1, -0.05) is 12.1 Å². The molecule has 0 spiro atoms. The van der Waals surface area contributed by atoms with Crippen LogP contribution < -0.4 is 10.6 Å². The first kappa shape index (κ1) is 22.6.